The standard InChI is InChI=1S/C16H18N4OS.2ClH/c21-16(20-11-4-5-12(20)9-17-8-6-11)14-10-19-15(22-14)13-3-1-2-7-18-13;;/h1-3,7,10-12,17H,4-6,8-9H2;2*1H. The van der Waals surface area contributed by atoms with E-state index < -0.39 is 0 Å². The van der Waals surface area contributed by atoms with Crippen LogP contribution in [0.2, 0.25) is 0 Å². The Morgan fingerprint density at radius 1 is 1.17 bits per heavy atom. The molecule has 4 heterocycles. The maximum absolute atomic E-state index is 12.9. The van der Waals surface area contributed by atoms with Crippen molar-refractivity contribution in [3.05, 3.63) is 35.5 Å². The maximum Gasteiger partial charge on any atom is 0.266 e. The van der Waals surface area contributed by atoms with Crippen LogP contribution in [0.25, 0.3) is 10.7 Å². The number of nitrogens with zero attached hydrogens (tertiary/aromatic N) is 3. The quantitative estimate of drug-likeness (QED) is 0.861. The molecular formula is C16H20Cl2N4OS. The molecule has 2 aliphatic rings. The number of fused-ring (bicyclic) bond motifs is 2. The predicted octanol–water partition coefficient (Wildman–Crippen LogP) is 3.02. The van der Waals surface area contributed by atoms with Crippen molar-refractivity contribution >= 4 is 42.1 Å². The van der Waals surface area contributed by atoms with Crippen molar-refractivity contribution in [1.29, 1.82) is 0 Å². The molecule has 130 valence electrons. The van der Waals surface area contributed by atoms with E-state index in [1.807, 2.05) is 18.2 Å². The molecule has 2 aliphatic heterocycles. The average Bonchev–Trinajstić information content (AvgIpc) is 3.12. The minimum Gasteiger partial charge on any atom is -0.331 e. The van der Waals surface area contributed by atoms with Gasteiger partial charge in [-0.05, 0) is 37.9 Å². The largest absolute Gasteiger partial charge is 0.331 e. The first-order valence-electron chi connectivity index (χ1n) is 7.73. The molecule has 1 amide bonds. The fourth-order valence-electron chi connectivity index (χ4n) is 3.42. The van der Waals surface area contributed by atoms with Crippen LogP contribution in [-0.4, -0.2) is 45.9 Å². The molecule has 1 N–H and O–H groups in total. The van der Waals surface area contributed by atoms with Gasteiger partial charge in [0.15, 0.2) is 0 Å². The summed E-state index contributed by atoms with van der Waals surface area (Å²) in [7, 11) is 0. The minimum atomic E-state index is 0. The van der Waals surface area contributed by atoms with Crippen LogP contribution < -0.4 is 5.32 Å². The normalized spacial score (nSPS) is 22.2. The van der Waals surface area contributed by atoms with Crippen LogP contribution in [0.15, 0.2) is 30.6 Å². The average molecular weight is 387 g/mol. The molecule has 0 saturated carbocycles. The lowest BCUT2D eigenvalue weighted by Gasteiger charge is -2.27. The van der Waals surface area contributed by atoms with Gasteiger partial charge in [0.25, 0.3) is 5.91 Å². The van der Waals surface area contributed by atoms with E-state index in [2.05, 4.69) is 20.2 Å². The zero-order valence-corrected chi connectivity index (χ0v) is 15.5. The van der Waals surface area contributed by atoms with Gasteiger partial charge in [-0.2, -0.15) is 0 Å². The Balaban J connectivity index is 0.00000104. The molecule has 2 saturated heterocycles. The summed E-state index contributed by atoms with van der Waals surface area (Å²) in [4.78, 5) is 24.4. The van der Waals surface area contributed by atoms with Crippen molar-refractivity contribution in [2.24, 2.45) is 0 Å². The second-order valence-corrected chi connectivity index (χ2v) is 6.87. The Kier molecular flexibility index (Phi) is 6.57. The molecule has 5 nitrogen and oxygen atoms in total. The molecule has 0 aromatic carbocycles. The van der Waals surface area contributed by atoms with Crippen molar-refractivity contribution in [3.63, 3.8) is 0 Å². The SMILES string of the molecule is Cl.Cl.O=C(c1cnc(-c2ccccn2)s1)N1C2CCNCC1CC2. The van der Waals surface area contributed by atoms with Crippen molar-refractivity contribution in [2.45, 2.75) is 31.3 Å². The van der Waals surface area contributed by atoms with E-state index in [4.69, 9.17) is 0 Å². The monoisotopic (exact) mass is 386 g/mol. The number of nitrogens with one attached hydrogen (secondary N) is 1. The second-order valence-electron chi connectivity index (χ2n) is 5.83. The van der Waals surface area contributed by atoms with Crippen molar-refractivity contribution in [3.8, 4) is 10.7 Å². The zero-order valence-electron chi connectivity index (χ0n) is 13.1. The van der Waals surface area contributed by atoms with Crippen LogP contribution in [0.5, 0.6) is 0 Å². The van der Waals surface area contributed by atoms with E-state index in [-0.39, 0.29) is 30.7 Å². The first-order chi connectivity index (χ1) is 10.8. The number of thiazole rings is 1. The number of amides is 1. The fourth-order valence-corrected chi connectivity index (χ4v) is 4.26. The van der Waals surface area contributed by atoms with E-state index in [9.17, 15) is 4.79 Å². The summed E-state index contributed by atoms with van der Waals surface area (Å²) >= 11 is 1.44. The number of carbonyl (C=O) groups is 1. The summed E-state index contributed by atoms with van der Waals surface area (Å²) in [6, 6.07) is 6.46. The van der Waals surface area contributed by atoms with Crippen LogP contribution in [0.4, 0.5) is 0 Å². The summed E-state index contributed by atoms with van der Waals surface area (Å²) in [6.45, 7) is 1.92. The molecule has 0 radical (unpaired) electrons. The van der Waals surface area contributed by atoms with Crippen molar-refractivity contribution in [2.75, 3.05) is 13.1 Å². The summed E-state index contributed by atoms with van der Waals surface area (Å²) in [6.07, 6.45) is 6.74. The summed E-state index contributed by atoms with van der Waals surface area (Å²) in [5, 5.41) is 4.24. The number of hydrogen-bond acceptors (Lipinski definition) is 5. The Labute approximate surface area is 157 Å². The highest BCUT2D eigenvalue weighted by atomic mass is 35.5. The van der Waals surface area contributed by atoms with Gasteiger partial charge in [-0.3, -0.25) is 9.78 Å². The highest BCUT2D eigenvalue weighted by molar-refractivity contribution is 7.16. The number of carbonyl (C=O) groups excluding carboxylic acids is 1. The number of hydrogen-bond donors (Lipinski definition) is 1. The van der Waals surface area contributed by atoms with Crippen LogP contribution >= 0.6 is 36.2 Å². The van der Waals surface area contributed by atoms with Gasteiger partial charge in [0.05, 0.1) is 11.9 Å². The molecule has 2 unspecified atom stereocenters. The predicted molar refractivity (Wildman–Crippen MR) is 100 cm³/mol. The highest BCUT2D eigenvalue weighted by Crippen LogP contribution is 2.32. The van der Waals surface area contributed by atoms with E-state index in [1.54, 1.807) is 12.4 Å². The second kappa shape index (κ2) is 8.25. The van der Waals surface area contributed by atoms with Crippen molar-refractivity contribution in [1.82, 2.24) is 20.2 Å². The van der Waals surface area contributed by atoms with Gasteiger partial charge >= 0.3 is 0 Å². The molecule has 4 rings (SSSR count). The zero-order chi connectivity index (χ0) is 14.9. The third-order valence-electron chi connectivity index (χ3n) is 4.49. The molecule has 0 spiro atoms. The van der Waals surface area contributed by atoms with E-state index in [1.165, 1.54) is 11.3 Å². The molecule has 2 aromatic rings. The lowest BCUT2D eigenvalue weighted by molar-refractivity contribution is 0.0685. The lowest BCUT2D eigenvalue weighted by atomic mass is 10.1. The number of pyridine rings is 1. The van der Waals surface area contributed by atoms with Gasteiger partial charge in [-0.25, -0.2) is 4.98 Å². The molecule has 8 heteroatoms. The van der Waals surface area contributed by atoms with Gasteiger partial charge in [-0.15, -0.1) is 36.2 Å². The highest BCUT2D eigenvalue weighted by Gasteiger charge is 2.38. The van der Waals surface area contributed by atoms with Gasteiger partial charge in [0.2, 0.25) is 0 Å². The first kappa shape index (κ1) is 19.1. The number of rotatable bonds is 2. The Hall–Kier alpha value is -1.21. The number of halogens is 2. The Morgan fingerprint density at radius 2 is 2.00 bits per heavy atom. The molecule has 2 atom stereocenters. The van der Waals surface area contributed by atoms with Gasteiger partial charge in [-0.1, -0.05) is 6.07 Å². The summed E-state index contributed by atoms with van der Waals surface area (Å²) in [5.41, 5.74) is 0.826. The minimum absolute atomic E-state index is 0. The smallest absolute Gasteiger partial charge is 0.266 e. The van der Waals surface area contributed by atoms with Crippen LogP contribution in [-0.2, 0) is 0 Å². The topological polar surface area (TPSA) is 58.1 Å². The van der Waals surface area contributed by atoms with E-state index in [0.717, 1.165) is 47.9 Å². The summed E-state index contributed by atoms with van der Waals surface area (Å²) < 4.78 is 0. The molecule has 2 bridgehead atoms. The lowest BCUT2D eigenvalue weighted by Crippen LogP contribution is -2.42. The third-order valence-corrected chi connectivity index (χ3v) is 5.50. The van der Waals surface area contributed by atoms with Gasteiger partial charge < -0.3 is 10.2 Å². The van der Waals surface area contributed by atoms with Gasteiger partial charge in [0.1, 0.15) is 9.88 Å². The molecule has 0 aliphatic carbocycles. The van der Waals surface area contributed by atoms with E-state index in [0.29, 0.717) is 12.1 Å². The maximum atomic E-state index is 12.9. The molecule has 24 heavy (non-hydrogen) atoms. The van der Waals surface area contributed by atoms with Crippen LogP contribution in [0.3, 0.4) is 0 Å². The Bertz CT molecular complexity index is 668. The third kappa shape index (κ3) is 3.57. The summed E-state index contributed by atoms with van der Waals surface area (Å²) in [5.74, 6) is 0.135. The van der Waals surface area contributed by atoms with Gasteiger partial charge in [0, 0.05) is 24.8 Å². The molecular weight excluding hydrogens is 367 g/mol. The van der Waals surface area contributed by atoms with Crippen LogP contribution in [0, 0.1) is 0 Å². The fraction of sp³-hybridized carbons (Fsp3) is 0.438. The number of aromatic nitrogens is 2. The first-order valence-corrected chi connectivity index (χ1v) is 8.55. The molecule has 2 fully saturated rings. The Morgan fingerprint density at radius 3 is 2.79 bits per heavy atom. The van der Waals surface area contributed by atoms with Crippen LogP contribution in [0.1, 0.15) is 28.9 Å². The van der Waals surface area contributed by atoms with Crippen molar-refractivity contribution < 1.29 is 4.79 Å². The molecule has 2 aromatic heterocycles. The van der Waals surface area contributed by atoms with E-state index >= 15 is 0 Å².